The molecule has 28 heavy (non-hydrogen) atoms. The maximum atomic E-state index is 12.6. The van der Waals surface area contributed by atoms with Crippen LogP contribution in [0.2, 0.25) is 0 Å². The minimum Gasteiger partial charge on any atom is -0.491 e. The van der Waals surface area contributed by atoms with Gasteiger partial charge in [-0.1, -0.05) is 24.3 Å². The number of hydrogen-bond donors (Lipinski definition) is 1. The summed E-state index contributed by atoms with van der Waals surface area (Å²) in [7, 11) is 1.62. The molecular weight excluding hydrogens is 358 g/mol. The number of ether oxygens (including phenoxy) is 2. The smallest absolute Gasteiger partial charge is 0.261 e. The van der Waals surface area contributed by atoms with Gasteiger partial charge in [0.1, 0.15) is 18.9 Å². The Bertz CT molecular complexity index is 1030. The van der Waals surface area contributed by atoms with Crippen LogP contribution in [0.1, 0.15) is 11.1 Å². The van der Waals surface area contributed by atoms with E-state index in [1.165, 1.54) is 10.9 Å². The first-order chi connectivity index (χ1) is 13.6. The van der Waals surface area contributed by atoms with Crippen molar-refractivity contribution in [3.05, 3.63) is 70.3 Å². The molecule has 1 N–H and O–H groups in total. The van der Waals surface area contributed by atoms with Crippen molar-refractivity contribution in [2.75, 3.05) is 20.3 Å². The van der Waals surface area contributed by atoms with Crippen LogP contribution in [0.5, 0.6) is 5.75 Å². The number of carbonyl (C=O) groups is 1. The summed E-state index contributed by atoms with van der Waals surface area (Å²) in [4.78, 5) is 29.2. The molecule has 3 rings (SSSR count). The second-order valence-corrected chi connectivity index (χ2v) is 6.41. The number of nitrogens with one attached hydrogen (secondary N) is 1. The van der Waals surface area contributed by atoms with E-state index in [-0.39, 0.29) is 18.0 Å². The first-order valence-corrected chi connectivity index (χ1v) is 9.00. The molecule has 1 aromatic heterocycles. The maximum Gasteiger partial charge on any atom is 0.261 e. The third kappa shape index (κ3) is 4.75. The lowest BCUT2D eigenvalue weighted by Gasteiger charge is -2.10. The first kappa shape index (κ1) is 19.6. The quantitative estimate of drug-likeness (QED) is 0.604. The molecule has 0 spiro atoms. The van der Waals surface area contributed by atoms with Crippen molar-refractivity contribution in [3.63, 3.8) is 0 Å². The minimum atomic E-state index is -0.262. The summed E-state index contributed by atoms with van der Waals surface area (Å²) >= 11 is 0. The van der Waals surface area contributed by atoms with Crippen molar-refractivity contribution in [2.45, 2.75) is 20.0 Å². The Kier molecular flexibility index (Phi) is 6.39. The Morgan fingerprint density at radius 3 is 2.82 bits per heavy atom. The van der Waals surface area contributed by atoms with Crippen LogP contribution in [-0.4, -0.2) is 35.8 Å². The summed E-state index contributed by atoms with van der Waals surface area (Å²) in [5.74, 6) is 0.454. The normalized spacial score (nSPS) is 10.8. The van der Waals surface area contributed by atoms with Crippen molar-refractivity contribution in [2.24, 2.45) is 0 Å². The summed E-state index contributed by atoms with van der Waals surface area (Å²) in [5, 5.41) is 3.33. The van der Waals surface area contributed by atoms with Gasteiger partial charge in [-0.05, 0) is 36.2 Å². The van der Waals surface area contributed by atoms with Gasteiger partial charge in [0.2, 0.25) is 5.91 Å². The number of aryl methyl sites for hydroxylation is 1. The van der Waals surface area contributed by atoms with Gasteiger partial charge >= 0.3 is 0 Å². The molecule has 7 nitrogen and oxygen atoms in total. The van der Waals surface area contributed by atoms with Gasteiger partial charge in [0.05, 0.1) is 23.8 Å². The Hall–Kier alpha value is -3.19. The topological polar surface area (TPSA) is 82.4 Å². The number of para-hydroxylation sites is 1. The third-order valence-electron chi connectivity index (χ3n) is 4.31. The van der Waals surface area contributed by atoms with E-state index in [0.717, 1.165) is 11.1 Å². The van der Waals surface area contributed by atoms with E-state index >= 15 is 0 Å². The molecule has 0 unspecified atom stereocenters. The molecule has 146 valence electrons. The highest BCUT2D eigenvalue weighted by Gasteiger charge is 2.09. The zero-order valence-electron chi connectivity index (χ0n) is 16.0. The number of benzene rings is 2. The van der Waals surface area contributed by atoms with Gasteiger partial charge in [-0.25, -0.2) is 4.98 Å². The summed E-state index contributed by atoms with van der Waals surface area (Å²) in [5.41, 5.74) is 2.27. The number of aromatic nitrogens is 2. The van der Waals surface area contributed by atoms with E-state index in [4.69, 9.17) is 9.47 Å². The van der Waals surface area contributed by atoms with Crippen LogP contribution in [0.15, 0.2) is 53.6 Å². The van der Waals surface area contributed by atoms with Gasteiger partial charge in [0.15, 0.2) is 0 Å². The fraction of sp³-hybridized carbons (Fsp3) is 0.286. The highest BCUT2D eigenvalue weighted by atomic mass is 16.5. The molecular formula is C21H23N3O4. The Balaban J connectivity index is 1.62. The lowest BCUT2D eigenvalue weighted by atomic mass is 10.1. The van der Waals surface area contributed by atoms with E-state index in [0.29, 0.717) is 36.4 Å². The van der Waals surface area contributed by atoms with Crippen LogP contribution in [0, 0.1) is 6.92 Å². The van der Waals surface area contributed by atoms with Crippen LogP contribution in [0.3, 0.4) is 0 Å². The van der Waals surface area contributed by atoms with Gasteiger partial charge in [-0.15, -0.1) is 0 Å². The number of methoxy groups -OCH3 is 1. The van der Waals surface area contributed by atoms with Crippen LogP contribution < -0.4 is 15.6 Å². The molecule has 2 aromatic carbocycles. The van der Waals surface area contributed by atoms with Crippen molar-refractivity contribution in [3.8, 4) is 5.75 Å². The van der Waals surface area contributed by atoms with E-state index in [9.17, 15) is 9.59 Å². The number of amides is 1. The van der Waals surface area contributed by atoms with Gasteiger partial charge < -0.3 is 14.8 Å². The summed E-state index contributed by atoms with van der Waals surface area (Å²) in [6.45, 7) is 3.13. The average Bonchev–Trinajstić information content (AvgIpc) is 2.70. The van der Waals surface area contributed by atoms with Crippen molar-refractivity contribution < 1.29 is 14.3 Å². The zero-order chi connectivity index (χ0) is 19.9. The standard InChI is InChI=1S/C21H23N3O4/c1-15-5-3-8-18-20(15)23-14-24(21(18)26)13-19(25)22-12-16-6-4-7-17(11-16)28-10-9-27-2/h3-8,11,14H,9-10,12-13H2,1-2H3,(H,22,25). The Morgan fingerprint density at radius 1 is 1.18 bits per heavy atom. The van der Waals surface area contributed by atoms with Crippen molar-refractivity contribution in [1.82, 2.24) is 14.9 Å². The van der Waals surface area contributed by atoms with Crippen molar-refractivity contribution >= 4 is 16.8 Å². The highest BCUT2D eigenvalue weighted by molar-refractivity contribution is 5.81. The maximum absolute atomic E-state index is 12.6. The molecule has 0 fully saturated rings. The summed E-state index contributed by atoms with van der Waals surface area (Å²) in [6, 6.07) is 12.9. The number of hydrogen-bond acceptors (Lipinski definition) is 5. The average molecular weight is 381 g/mol. The molecule has 0 bridgehead atoms. The largest absolute Gasteiger partial charge is 0.491 e. The number of carbonyl (C=O) groups excluding carboxylic acids is 1. The lowest BCUT2D eigenvalue weighted by Crippen LogP contribution is -2.32. The summed E-state index contributed by atoms with van der Waals surface area (Å²) in [6.07, 6.45) is 1.42. The highest BCUT2D eigenvalue weighted by Crippen LogP contribution is 2.13. The van der Waals surface area contributed by atoms with E-state index in [1.807, 2.05) is 43.3 Å². The lowest BCUT2D eigenvalue weighted by molar-refractivity contribution is -0.121. The number of fused-ring (bicyclic) bond motifs is 1. The minimum absolute atomic E-state index is 0.0836. The van der Waals surface area contributed by atoms with Gasteiger partial charge in [0, 0.05) is 13.7 Å². The molecule has 0 saturated heterocycles. The molecule has 0 saturated carbocycles. The van der Waals surface area contributed by atoms with Gasteiger partial charge in [0.25, 0.3) is 5.56 Å². The molecule has 0 aliphatic carbocycles. The fourth-order valence-corrected chi connectivity index (χ4v) is 2.85. The molecule has 0 aliphatic rings. The number of rotatable bonds is 8. The Labute approximate surface area is 162 Å². The second kappa shape index (κ2) is 9.14. The fourth-order valence-electron chi connectivity index (χ4n) is 2.85. The second-order valence-electron chi connectivity index (χ2n) is 6.41. The zero-order valence-corrected chi connectivity index (χ0v) is 16.0. The van der Waals surface area contributed by atoms with E-state index < -0.39 is 0 Å². The van der Waals surface area contributed by atoms with Crippen LogP contribution in [0.25, 0.3) is 10.9 Å². The molecule has 3 aromatic rings. The molecule has 1 heterocycles. The Morgan fingerprint density at radius 2 is 2.00 bits per heavy atom. The molecule has 0 aliphatic heterocycles. The molecule has 0 radical (unpaired) electrons. The van der Waals surface area contributed by atoms with Gasteiger partial charge in [-0.2, -0.15) is 0 Å². The predicted molar refractivity (Wildman–Crippen MR) is 106 cm³/mol. The molecule has 7 heteroatoms. The summed E-state index contributed by atoms with van der Waals surface area (Å²) < 4.78 is 11.8. The number of nitrogens with zero attached hydrogens (tertiary/aromatic N) is 2. The van der Waals surface area contributed by atoms with Crippen molar-refractivity contribution in [1.29, 1.82) is 0 Å². The van der Waals surface area contributed by atoms with Crippen LogP contribution in [-0.2, 0) is 22.6 Å². The van der Waals surface area contributed by atoms with Gasteiger partial charge in [-0.3, -0.25) is 14.2 Å². The van der Waals surface area contributed by atoms with E-state index in [2.05, 4.69) is 10.3 Å². The predicted octanol–water partition coefficient (Wildman–Crippen LogP) is 2.05. The third-order valence-corrected chi connectivity index (χ3v) is 4.31. The SMILES string of the molecule is COCCOc1cccc(CNC(=O)Cn2cnc3c(C)cccc3c2=O)c1. The molecule has 1 amide bonds. The first-order valence-electron chi connectivity index (χ1n) is 9.00. The van der Waals surface area contributed by atoms with E-state index in [1.54, 1.807) is 13.2 Å². The van der Waals surface area contributed by atoms with Crippen LogP contribution in [0.4, 0.5) is 0 Å². The van der Waals surface area contributed by atoms with Crippen LogP contribution >= 0.6 is 0 Å². The molecule has 0 atom stereocenters. The monoisotopic (exact) mass is 381 g/mol.